The normalized spacial score (nSPS) is 8.94. The first-order valence-corrected chi connectivity index (χ1v) is 4.79. The van der Waals surface area contributed by atoms with Gasteiger partial charge in [-0.3, -0.25) is 14.9 Å². The molecule has 6 heteroatoms. The van der Waals surface area contributed by atoms with E-state index in [0.717, 1.165) is 0 Å². The molecule has 0 saturated heterocycles. The van der Waals surface area contributed by atoms with Gasteiger partial charge < -0.3 is 10.4 Å². The van der Waals surface area contributed by atoms with Crippen molar-refractivity contribution in [2.24, 2.45) is 0 Å². The van der Waals surface area contributed by atoms with Crippen molar-refractivity contribution in [3.05, 3.63) is 0 Å². The van der Waals surface area contributed by atoms with Crippen LogP contribution in [0.2, 0.25) is 0 Å². The number of amides is 3. The molecule has 0 heterocycles. The minimum atomic E-state index is -0.966. The molecular formula is C10H14N2O4. The van der Waals surface area contributed by atoms with E-state index in [0.29, 0.717) is 13.0 Å². The number of carbonyl (C=O) groups is 3. The monoisotopic (exact) mass is 226 g/mol. The number of hydrogen-bond donors (Lipinski definition) is 3. The first-order valence-electron chi connectivity index (χ1n) is 4.79. The standard InChI is InChI=1S/C10H14N2O4/c1-2-3-7-11-10(16)12-8(13)5-4-6-9(14)15/h1H,3-7H2,(H,14,15)(H2,11,12,13,16). The highest BCUT2D eigenvalue weighted by Gasteiger charge is 2.07. The Labute approximate surface area is 93.4 Å². The smallest absolute Gasteiger partial charge is 0.321 e. The predicted octanol–water partition coefficient (Wildman–Crippen LogP) is 0.0904. The van der Waals surface area contributed by atoms with Gasteiger partial charge in [0.05, 0.1) is 0 Å². The van der Waals surface area contributed by atoms with Crippen LogP contribution in [-0.4, -0.2) is 29.6 Å². The summed E-state index contributed by atoms with van der Waals surface area (Å²) in [6.45, 7) is 0.296. The average Bonchev–Trinajstić information content (AvgIpc) is 2.17. The minimum absolute atomic E-state index is 0.00879. The lowest BCUT2D eigenvalue weighted by molar-refractivity contribution is -0.137. The van der Waals surface area contributed by atoms with Crippen LogP contribution in [0.3, 0.4) is 0 Å². The van der Waals surface area contributed by atoms with Gasteiger partial charge in [0.1, 0.15) is 0 Å². The molecule has 0 aromatic carbocycles. The number of urea groups is 1. The molecule has 0 aromatic rings. The van der Waals surface area contributed by atoms with Gasteiger partial charge in [0, 0.05) is 25.8 Å². The summed E-state index contributed by atoms with van der Waals surface area (Å²) in [6.07, 6.45) is 5.48. The molecule has 0 aliphatic rings. The molecule has 0 unspecified atom stereocenters. The molecule has 0 rings (SSSR count). The van der Waals surface area contributed by atoms with Gasteiger partial charge in [-0.05, 0) is 6.42 Å². The lowest BCUT2D eigenvalue weighted by Crippen LogP contribution is -2.39. The van der Waals surface area contributed by atoms with E-state index in [2.05, 4.69) is 16.6 Å². The SMILES string of the molecule is C#CCCNC(=O)NC(=O)CCCC(=O)O. The highest BCUT2D eigenvalue weighted by atomic mass is 16.4. The molecule has 0 bridgehead atoms. The molecule has 0 radical (unpaired) electrons. The summed E-state index contributed by atoms with van der Waals surface area (Å²) in [5, 5.41) is 12.8. The number of carboxylic acids is 1. The van der Waals surface area contributed by atoms with Crippen LogP contribution in [0, 0.1) is 12.3 Å². The number of carbonyl (C=O) groups excluding carboxylic acids is 2. The van der Waals surface area contributed by atoms with Crippen LogP contribution in [0.25, 0.3) is 0 Å². The second-order valence-electron chi connectivity index (χ2n) is 3.01. The third kappa shape index (κ3) is 8.56. The van der Waals surface area contributed by atoms with Crippen molar-refractivity contribution in [3.63, 3.8) is 0 Å². The molecule has 0 aliphatic heterocycles. The van der Waals surface area contributed by atoms with Crippen molar-refractivity contribution in [1.29, 1.82) is 0 Å². The molecular weight excluding hydrogens is 212 g/mol. The van der Waals surface area contributed by atoms with Crippen molar-refractivity contribution in [2.75, 3.05) is 6.54 Å². The molecule has 6 nitrogen and oxygen atoms in total. The Hall–Kier alpha value is -2.03. The average molecular weight is 226 g/mol. The topological polar surface area (TPSA) is 95.5 Å². The van der Waals surface area contributed by atoms with Gasteiger partial charge >= 0.3 is 12.0 Å². The fourth-order valence-electron chi connectivity index (χ4n) is 0.882. The predicted molar refractivity (Wildman–Crippen MR) is 56.5 cm³/mol. The maximum Gasteiger partial charge on any atom is 0.321 e. The van der Waals surface area contributed by atoms with Gasteiger partial charge in [0.15, 0.2) is 0 Å². The maximum absolute atomic E-state index is 11.1. The molecule has 16 heavy (non-hydrogen) atoms. The van der Waals surface area contributed by atoms with Crippen LogP contribution in [0.5, 0.6) is 0 Å². The summed E-state index contributed by atoms with van der Waals surface area (Å²) in [4.78, 5) is 32.2. The van der Waals surface area contributed by atoms with E-state index in [1.807, 2.05) is 0 Å². The Bertz CT molecular complexity index is 306. The zero-order valence-corrected chi connectivity index (χ0v) is 8.78. The molecule has 0 spiro atoms. The summed E-state index contributed by atoms with van der Waals surface area (Å²) < 4.78 is 0. The molecule has 0 fully saturated rings. The summed E-state index contributed by atoms with van der Waals surface area (Å²) in [6, 6.07) is -0.615. The first kappa shape index (κ1) is 14.0. The number of carboxylic acid groups (broad SMARTS) is 1. The maximum atomic E-state index is 11.1. The van der Waals surface area contributed by atoms with Gasteiger partial charge in [-0.2, -0.15) is 0 Å². The molecule has 3 amide bonds. The number of hydrogen-bond acceptors (Lipinski definition) is 3. The van der Waals surface area contributed by atoms with Gasteiger partial charge in [0.25, 0.3) is 0 Å². The van der Waals surface area contributed by atoms with Gasteiger partial charge in [-0.25, -0.2) is 4.79 Å². The summed E-state index contributed by atoms with van der Waals surface area (Å²) in [5.41, 5.74) is 0. The third-order valence-electron chi connectivity index (χ3n) is 1.60. The third-order valence-corrected chi connectivity index (χ3v) is 1.60. The van der Waals surface area contributed by atoms with E-state index in [9.17, 15) is 14.4 Å². The Kier molecular flexibility index (Phi) is 7.24. The molecule has 0 saturated carbocycles. The Morgan fingerprint density at radius 2 is 1.94 bits per heavy atom. The van der Waals surface area contributed by atoms with Crippen LogP contribution in [0.15, 0.2) is 0 Å². The lowest BCUT2D eigenvalue weighted by Gasteiger charge is -2.04. The molecule has 0 aromatic heterocycles. The van der Waals surface area contributed by atoms with E-state index in [1.165, 1.54) is 0 Å². The Balaban J connectivity index is 3.59. The zero-order chi connectivity index (χ0) is 12.4. The summed E-state index contributed by atoms with van der Waals surface area (Å²) in [5.74, 6) is 0.864. The highest BCUT2D eigenvalue weighted by Crippen LogP contribution is 1.94. The number of imide groups is 1. The first-order chi connectivity index (χ1) is 7.56. The van der Waals surface area contributed by atoms with E-state index >= 15 is 0 Å². The minimum Gasteiger partial charge on any atom is -0.481 e. The number of terminal acetylenes is 1. The van der Waals surface area contributed by atoms with E-state index in [4.69, 9.17) is 11.5 Å². The van der Waals surface area contributed by atoms with Crippen molar-refractivity contribution in [1.82, 2.24) is 10.6 Å². The molecule has 88 valence electrons. The van der Waals surface area contributed by atoms with Gasteiger partial charge in [0.2, 0.25) is 5.91 Å². The number of nitrogens with one attached hydrogen (secondary N) is 2. The van der Waals surface area contributed by atoms with Gasteiger partial charge in [-0.1, -0.05) is 0 Å². The largest absolute Gasteiger partial charge is 0.481 e. The Morgan fingerprint density at radius 3 is 2.50 bits per heavy atom. The highest BCUT2D eigenvalue weighted by molar-refractivity contribution is 5.94. The summed E-state index contributed by atoms with van der Waals surface area (Å²) >= 11 is 0. The molecule has 0 aliphatic carbocycles. The van der Waals surface area contributed by atoms with E-state index in [-0.39, 0.29) is 19.3 Å². The quantitative estimate of drug-likeness (QED) is 0.442. The lowest BCUT2D eigenvalue weighted by atomic mass is 10.2. The molecule has 3 N–H and O–H groups in total. The van der Waals surface area contributed by atoms with Crippen LogP contribution in [-0.2, 0) is 9.59 Å². The Morgan fingerprint density at radius 1 is 1.25 bits per heavy atom. The van der Waals surface area contributed by atoms with Crippen LogP contribution in [0.1, 0.15) is 25.7 Å². The molecule has 0 atom stereocenters. The number of aliphatic carboxylic acids is 1. The zero-order valence-electron chi connectivity index (χ0n) is 8.78. The van der Waals surface area contributed by atoms with Gasteiger partial charge in [-0.15, -0.1) is 12.3 Å². The van der Waals surface area contributed by atoms with E-state index < -0.39 is 17.9 Å². The second kappa shape index (κ2) is 8.29. The van der Waals surface area contributed by atoms with Crippen LogP contribution in [0.4, 0.5) is 4.79 Å². The van der Waals surface area contributed by atoms with Crippen molar-refractivity contribution < 1.29 is 19.5 Å². The number of rotatable bonds is 6. The fraction of sp³-hybridized carbons (Fsp3) is 0.500. The van der Waals surface area contributed by atoms with Crippen LogP contribution < -0.4 is 10.6 Å². The fourth-order valence-corrected chi connectivity index (χ4v) is 0.882. The van der Waals surface area contributed by atoms with Crippen molar-refractivity contribution in [3.8, 4) is 12.3 Å². The van der Waals surface area contributed by atoms with Crippen LogP contribution >= 0.6 is 0 Å². The van der Waals surface area contributed by atoms with Crippen molar-refractivity contribution >= 4 is 17.9 Å². The second-order valence-corrected chi connectivity index (χ2v) is 3.01. The van der Waals surface area contributed by atoms with Crippen molar-refractivity contribution in [2.45, 2.75) is 25.7 Å². The summed E-state index contributed by atoms with van der Waals surface area (Å²) in [7, 11) is 0. The van der Waals surface area contributed by atoms with E-state index in [1.54, 1.807) is 0 Å².